The van der Waals surface area contributed by atoms with Gasteiger partial charge < -0.3 is 9.84 Å². The van der Waals surface area contributed by atoms with Crippen molar-refractivity contribution in [1.29, 1.82) is 0 Å². The topological polar surface area (TPSA) is 49.8 Å². The predicted molar refractivity (Wildman–Crippen MR) is 68.9 cm³/mol. The van der Waals surface area contributed by atoms with Gasteiger partial charge in [0.05, 0.1) is 13.2 Å². The van der Waals surface area contributed by atoms with E-state index < -0.39 is 0 Å². The van der Waals surface area contributed by atoms with E-state index in [-0.39, 0.29) is 18.6 Å². The van der Waals surface area contributed by atoms with Crippen LogP contribution < -0.4 is 0 Å². The second-order valence-corrected chi connectivity index (χ2v) is 4.11. The molecule has 0 aliphatic rings. The van der Waals surface area contributed by atoms with Crippen LogP contribution in [0.1, 0.15) is 47.0 Å². The van der Waals surface area contributed by atoms with Gasteiger partial charge in [0, 0.05) is 12.6 Å². The number of ether oxygens (including phenoxy) is 1. The molecule has 0 aromatic carbocycles. The molecule has 0 saturated heterocycles. The lowest BCUT2D eigenvalue weighted by molar-refractivity contribution is -0.151. The van der Waals surface area contributed by atoms with Crippen LogP contribution in [0, 0.1) is 0 Å². The third-order valence-electron chi connectivity index (χ3n) is 3.12. The lowest BCUT2D eigenvalue weighted by atomic mass is 10.1. The minimum atomic E-state index is -0.230. The fourth-order valence-corrected chi connectivity index (χ4v) is 2.24. The Labute approximate surface area is 105 Å². The molecule has 0 heterocycles. The van der Waals surface area contributed by atoms with Gasteiger partial charge >= 0.3 is 5.97 Å². The first kappa shape index (κ1) is 16.4. The Morgan fingerprint density at radius 2 is 1.76 bits per heavy atom. The number of carbonyl (C=O) groups is 1. The van der Waals surface area contributed by atoms with E-state index in [4.69, 9.17) is 9.84 Å². The molecule has 0 aliphatic carbocycles. The Bertz CT molecular complexity index is 205. The van der Waals surface area contributed by atoms with Crippen molar-refractivity contribution in [3.05, 3.63) is 0 Å². The van der Waals surface area contributed by atoms with Crippen molar-refractivity contribution in [2.45, 2.75) is 59.0 Å². The first-order valence-electron chi connectivity index (χ1n) is 6.69. The molecule has 0 saturated carbocycles. The molecule has 1 N–H and O–H groups in total. The van der Waals surface area contributed by atoms with E-state index in [1.165, 1.54) is 0 Å². The van der Waals surface area contributed by atoms with Crippen LogP contribution in [0.3, 0.4) is 0 Å². The van der Waals surface area contributed by atoms with E-state index in [1.807, 2.05) is 13.8 Å². The maximum Gasteiger partial charge on any atom is 0.323 e. The van der Waals surface area contributed by atoms with Crippen molar-refractivity contribution >= 4 is 5.97 Å². The lowest BCUT2D eigenvalue weighted by Gasteiger charge is -2.35. The molecular formula is C13H27NO3. The summed E-state index contributed by atoms with van der Waals surface area (Å²) in [7, 11) is 0. The SMILES string of the molecule is CCOC(=O)C(CC)N(CCO)C(CC)CC. The van der Waals surface area contributed by atoms with E-state index in [1.54, 1.807) is 0 Å². The monoisotopic (exact) mass is 245 g/mol. The van der Waals surface area contributed by atoms with Crippen LogP contribution in [0.15, 0.2) is 0 Å². The zero-order valence-electron chi connectivity index (χ0n) is 11.6. The average molecular weight is 245 g/mol. The molecule has 0 bridgehead atoms. The summed E-state index contributed by atoms with van der Waals surface area (Å²) in [6, 6.07) is 0.100. The van der Waals surface area contributed by atoms with Crippen molar-refractivity contribution < 1.29 is 14.6 Å². The van der Waals surface area contributed by atoms with Crippen molar-refractivity contribution in [3.8, 4) is 0 Å². The summed E-state index contributed by atoms with van der Waals surface area (Å²) in [5, 5.41) is 9.14. The summed E-state index contributed by atoms with van der Waals surface area (Å²) in [6.45, 7) is 9.03. The van der Waals surface area contributed by atoms with Crippen LogP contribution in [-0.2, 0) is 9.53 Å². The van der Waals surface area contributed by atoms with Crippen LogP contribution in [0.2, 0.25) is 0 Å². The fraction of sp³-hybridized carbons (Fsp3) is 0.923. The number of rotatable bonds is 9. The molecule has 17 heavy (non-hydrogen) atoms. The quantitative estimate of drug-likeness (QED) is 0.629. The van der Waals surface area contributed by atoms with E-state index >= 15 is 0 Å². The molecule has 1 unspecified atom stereocenters. The first-order chi connectivity index (χ1) is 8.15. The Morgan fingerprint density at radius 3 is 2.12 bits per heavy atom. The molecule has 0 rings (SSSR count). The standard InChI is InChI=1S/C13H27NO3/c1-5-11(6-2)14(9-10-15)12(7-3)13(16)17-8-4/h11-12,15H,5-10H2,1-4H3. The van der Waals surface area contributed by atoms with Crippen molar-refractivity contribution in [2.24, 2.45) is 0 Å². The molecule has 0 aliphatic heterocycles. The van der Waals surface area contributed by atoms with Gasteiger partial charge in [-0.15, -0.1) is 0 Å². The zero-order chi connectivity index (χ0) is 13.3. The third-order valence-corrected chi connectivity index (χ3v) is 3.12. The molecule has 4 nitrogen and oxygen atoms in total. The number of esters is 1. The van der Waals surface area contributed by atoms with E-state index in [2.05, 4.69) is 18.7 Å². The minimum absolute atomic E-state index is 0.0758. The minimum Gasteiger partial charge on any atom is -0.465 e. The molecule has 0 fully saturated rings. The van der Waals surface area contributed by atoms with Gasteiger partial charge in [-0.3, -0.25) is 9.69 Å². The molecule has 0 radical (unpaired) electrons. The molecule has 4 heteroatoms. The molecule has 0 aromatic heterocycles. The molecular weight excluding hydrogens is 218 g/mol. The smallest absolute Gasteiger partial charge is 0.323 e. The van der Waals surface area contributed by atoms with E-state index in [0.29, 0.717) is 19.2 Å². The van der Waals surface area contributed by atoms with Gasteiger partial charge in [-0.25, -0.2) is 0 Å². The Balaban J connectivity index is 4.77. The number of nitrogens with zero attached hydrogens (tertiary/aromatic N) is 1. The molecule has 0 spiro atoms. The van der Waals surface area contributed by atoms with Crippen LogP contribution >= 0.6 is 0 Å². The number of hydrogen-bond donors (Lipinski definition) is 1. The second-order valence-electron chi connectivity index (χ2n) is 4.11. The highest BCUT2D eigenvalue weighted by molar-refractivity contribution is 5.75. The number of aliphatic hydroxyl groups is 1. The normalized spacial score (nSPS) is 13.1. The zero-order valence-corrected chi connectivity index (χ0v) is 11.6. The number of aliphatic hydroxyl groups excluding tert-OH is 1. The Kier molecular flexibility index (Phi) is 9.09. The number of carbonyl (C=O) groups excluding carboxylic acids is 1. The molecule has 0 amide bonds. The summed E-state index contributed by atoms with van der Waals surface area (Å²) in [5.74, 6) is -0.171. The van der Waals surface area contributed by atoms with Crippen molar-refractivity contribution in [3.63, 3.8) is 0 Å². The summed E-state index contributed by atoms with van der Waals surface area (Å²) >= 11 is 0. The highest BCUT2D eigenvalue weighted by atomic mass is 16.5. The van der Waals surface area contributed by atoms with Gasteiger partial charge in [0.2, 0.25) is 0 Å². The maximum atomic E-state index is 11.9. The van der Waals surface area contributed by atoms with Gasteiger partial charge in [-0.1, -0.05) is 20.8 Å². The van der Waals surface area contributed by atoms with Crippen molar-refractivity contribution in [2.75, 3.05) is 19.8 Å². The fourth-order valence-electron chi connectivity index (χ4n) is 2.24. The highest BCUT2D eigenvalue weighted by Gasteiger charge is 2.29. The van der Waals surface area contributed by atoms with Gasteiger partial charge in [0.25, 0.3) is 0 Å². The summed E-state index contributed by atoms with van der Waals surface area (Å²) in [4.78, 5) is 14.0. The molecule has 1 atom stereocenters. The average Bonchev–Trinajstić information content (AvgIpc) is 2.32. The summed E-state index contributed by atoms with van der Waals surface area (Å²) in [6.07, 6.45) is 2.67. The van der Waals surface area contributed by atoms with Gasteiger partial charge in [0.1, 0.15) is 6.04 Å². The summed E-state index contributed by atoms with van der Waals surface area (Å²) in [5.41, 5.74) is 0. The second kappa shape index (κ2) is 9.42. The Morgan fingerprint density at radius 1 is 1.18 bits per heavy atom. The number of hydrogen-bond acceptors (Lipinski definition) is 4. The summed E-state index contributed by atoms with van der Waals surface area (Å²) < 4.78 is 5.10. The van der Waals surface area contributed by atoms with Gasteiger partial charge in [-0.2, -0.15) is 0 Å². The van der Waals surface area contributed by atoms with Crippen LogP contribution in [0.4, 0.5) is 0 Å². The van der Waals surface area contributed by atoms with Gasteiger partial charge in [-0.05, 0) is 26.2 Å². The van der Waals surface area contributed by atoms with Gasteiger partial charge in [0.15, 0.2) is 0 Å². The predicted octanol–water partition coefficient (Wildman–Crippen LogP) is 1.81. The molecule has 102 valence electrons. The highest BCUT2D eigenvalue weighted by Crippen LogP contribution is 2.16. The first-order valence-corrected chi connectivity index (χ1v) is 6.69. The van der Waals surface area contributed by atoms with Crippen LogP contribution in [0.25, 0.3) is 0 Å². The van der Waals surface area contributed by atoms with Crippen molar-refractivity contribution in [1.82, 2.24) is 4.90 Å². The van der Waals surface area contributed by atoms with E-state index in [0.717, 1.165) is 19.3 Å². The largest absolute Gasteiger partial charge is 0.465 e. The lowest BCUT2D eigenvalue weighted by Crippen LogP contribution is -2.48. The van der Waals surface area contributed by atoms with Crippen LogP contribution in [-0.4, -0.2) is 47.8 Å². The van der Waals surface area contributed by atoms with E-state index in [9.17, 15) is 4.79 Å². The van der Waals surface area contributed by atoms with Crippen LogP contribution in [0.5, 0.6) is 0 Å². The Hall–Kier alpha value is -0.610. The third kappa shape index (κ3) is 5.04. The maximum absolute atomic E-state index is 11.9. The molecule has 0 aromatic rings.